The first-order valence-corrected chi connectivity index (χ1v) is 11.0. The fourth-order valence-electron chi connectivity index (χ4n) is 3.63. The lowest BCUT2D eigenvalue weighted by Gasteiger charge is -2.24. The van der Waals surface area contributed by atoms with Gasteiger partial charge in [0.2, 0.25) is 0 Å². The highest BCUT2D eigenvalue weighted by molar-refractivity contribution is 5.91. The van der Waals surface area contributed by atoms with Gasteiger partial charge in [0.1, 0.15) is 11.5 Å². The number of aliphatic hydroxyl groups is 1. The van der Waals surface area contributed by atoms with E-state index in [2.05, 4.69) is 32.9 Å². The number of furan rings is 1. The third-order valence-corrected chi connectivity index (χ3v) is 6.16. The minimum absolute atomic E-state index is 0.0631. The first-order chi connectivity index (χ1) is 15.2. The number of amides is 1. The van der Waals surface area contributed by atoms with Crippen molar-refractivity contribution < 1.29 is 19.1 Å². The number of likely N-dealkylation sites (N-methyl/N-ethyl adjacent to an activating group) is 1. The van der Waals surface area contributed by atoms with Gasteiger partial charge in [-0.2, -0.15) is 0 Å². The van der Waals surface area contributed by atoms with Gasteiger partial charge < -0.3 is 19.2 Å². The number of hydrogen-bond acceptors (Lipinski definition) is 4. The van der Waals surface area contributed by atoms with E-state index >= 15 is 0 Å². The predicted octanol–water partition coefficient (Wildman–Crippen LogP) is 5.37. The summed E-state index contributed by atoms with van der Waals surface area (Å²) < 4.78 is 11.4. The summed E-state index contributed by atoms with van der Waals surface area (Å²) in [6.07, 6.45) is 0.799. The number of aliphatic hydroxyl groups excluding tert-OH is 1. The van der Waals surface area contributed by atoms with Crippen LogP contribution in [0, 0.1) is 0 Å². The van der Waals surface area contributed by atoms with Crippen molar-refractivity contribution in [2.75, 3.05) is 20.7 Å². The van der Waals surface area contributed by atoms with Crippen LogP contribution < -0.4 is 4.74 Å². The zero-order chi connectivity index (χ0) is 23.3. The molecule has 5 nitrogen and oxygen atoms in total. The van der Waals surface area contributed by atoms with E-state index < -0.39 is 6.10 Å². The highest BCUT2D eigenvalue weighted by Crippen LogP contribution is 2.32. The van der Waals surface area contributed by atoms with Crippen molar-refractivity contribution in [3.05, 3.63) is 88.9 Å². The van der Waals surface area contributed by atoms with Crippen molar-refractivity contribution >= 4 is 5.91 Å². The van der Waals surface area contributed by atoms with Gasteiger partial charge in [0.25, 0.3) is 5.91 Å². The van der Waals surface area contributed by atoms with Gasteiger partial charge >= 0.3 is 0 Å². The Labute approximate surface area is 190 Å². The second-order valence-corrected chi connectivity index (χ2v) is 8.82. The van der Waals surface area contributed by atoms with Crippen molar-refractivity contribution in [3.8, 4) is 5.75 Å². The Bertz CT molecular complexity index is 1040. The number of benzene rings is 2. The van der Waals surface area contributed by atoms with Crippen LogP contribution in [0.5, 0.6) is 5.75 Å². The monoisotopic (exact) mass is 435 g/mol. The topological polar surface area (TPSA) is 62.9 Å². The molecular formula is C27H33NO4. The molecule has 1 unspecified atom stereocenters. The quantitative estimate of drug-likeness (QED) is 0.491. The summed E-state index contributed by atoms with van der Waals surface area (Å²) >= 11 is 0. The molecule has 0 fully saturated rings. The maximum Gasteiger partial charge on any atom is 0.289 e. The summed E-state index contributed by atoms with van der Waals surface area (Å²) in [5.41, 5.74) is 3.10. The molecule has 0 bridgehead atoms. The normalized spacial score (nSPS) is 12.4. The average Bonchev–Trinajstić information content (AvgIpc) is 3.27. The summed E-state index contributed by atoms with van der Waals surface area (Å²) in [6, 6.07) is 19.1. The standard InChI is InChI=1S/C27H33NO4/c1-6-27(2,3)21-12-14-24(31-5)20(16-21)17-22-13-15-25(32-22)26(30)28(4)18-23(29)19-10-8-7-9-11-19/h7-16,23,29H,6,17-18H2,1-5H3. The molecule has 1 N–H and O–H groups in total. The molecule has 0 saturated heterocycles. The van der Waals surface area contributed by atoms with Crippen molar-refractivity contribution in [1.82, 2.24) is 4.90 Å². The third kappa shape index (κ3) is 5.40. The molecule has 0 radical (unpaired) electrons. The van der Waals surface area contributed by atoms with E-state index in [0.717, 1.165) is 23.3 Å². The Morgan fingerprint density at radius 1 is 1.12 bits per heavy atom. The summed E-state index contributed by atoms with van der Waals surface area (Å²) in [5.74, 6) is 1.48. The van der Waals surface area contributed by atoms with E-state index in [4.69, 9.17) is 9.15 Å². The number of methoxy groups -OCH3 is 1. The Hall–Kier alpha value is -3.05. The highest BCUT2D eigenvalue weighted by Gasteiger charge is 2.22. The molecule has 1 heterocycles. The molecule has 0 aliphatic rings. The number of ether oxygens (including phenoxy) is 1. The second kappa shape index (κ2) is 10.0. The SMILES string of the molecule is CCC(C)(C)c1ccc(OC)c(Cc2ccc(C(=O)N(C)CC(O)c3ccccc3)o2)c1. The van der Waals surface area contributed by atoms with Crippen LogP contribution in [0.25, 0.3) is 0 Å². The zero-order valence-electron chi connectivity index (χ0n) is 19.6. The zero-order valence-corrected chi connectivity index (χ0v) is 19.6. The highest BCUT2D eigenvalue weighted by atomic mass is 16.5. The van der Waals surface area contributed by atoms with Crippen LogP contribution in [-0.4, -0.2) is 36.6 Å². The minimum Gasteiger partial charge on any atom is -0.496 e. The van der Waals surface area contributed by atoms with Crippen LogP contribution in [0.3, 0.4) is 0 Å². The largest absolute Gasteiger partial charge is 0.496 e. The second-order valence-electron chi connectivity index (χ2n) is 8.82. The van der Waals surface area contributed by atoms with Gasteiger partial charge in [-0.3, -0.25) is 4.79 Å². The van der Waals surface area contributed by atoms with Crippen LogP contribution in [0.2, 0.25) is 0 Å². The van der Waals surface area contributed by atoms with Crippen molar-refractivity contribution in [2.45, 2.75) is 45.1 Å². The van der Waals surface area contributed by atoms with E-state index in [1.54, 1.807) is 20.2 Å². The fourth-order valence-corrected chi connectivity index (χ4v) is 3.63. The Morgan fingerprint density at radius 3 is 2.50 bits per heavy atom. The van der Waals surface area contributed by atoms with Gasteiger partial charge in [-0.05, 0) is 41.2 Å². The van der Waals surface area contributed by atoms with Crippen LogP contribution in [-0.2, 0) is 11.8 Å². The van der Waals surface area contributed by atoms with Crippen LogP contribution in [0.1, 0.15) is 66.3 Å². The van der Waals surface area contributed by atoms with E-state index in [0.29, 0.717) is 12.2 Å². The summed E-state index contributed by atoms with van der Waals surface area (Å²) in [6.45, 7) is 6.81. The maximum atomic E-state index is 12.8. The molecule has 32 heavy (non-hydrogen) atoms. The number of carbonyl (C=O) groups excluding carboxylic acids is 1. The molecule has 3 rings (SSSR count). The van der Waals surface area contributed by atoms with Crippen molar-refractivity contribution in [1.29, 1.82) is 0 Å². The third-order valence-electron chi connectivity index (χ3n) is 6.16. The molecule has 1 aromatic heterocycles. The number of carbonyl (C=O) groups is 1. The van der Waals surface area contributed by atoms with Gasteiger partial charge in [0.05, 0.1) is 19.8 Å². The molecule has 0 saturated carbocycles. The average molecular weight is 436 g/mol. The van der Waals surface area contributed by atoms with Gasteiger partial charge in [0, 0.05) is 19.0 Å². The number of rotatable bonds is 9. The molecule has 0 aliphatic carbocycles. The molecule has 3 aromatic rings. The van der Waals surface area contributed by atoms with Gasteiger partial charge in [-0.1, -0.05) is 63.2 Å². The molecule has 2 aromatic carbocycles. The lowest BCUT2D eigenvalue weighted by Crippen LogP contribution is -2.30. The molecule has 5 heteroatoms. The molecule has 1 amide bonds. The van der Waals surface area contributed by atoms with Crippen LogP contribution >= 0.6 is 0 Å². The van der Waals surface area contributed by atoms with Crippen LogP contribution in [0.4, 0.5) is 0 Å². The van der Waals surface area contributed by atoms with Gasteiger partial charge in [-0.25, -0.2) is 0 Å². The predicted molar refractivity (Wildman–Crippen MR) is 126 cm³/mol. The van der Waals surface area contributed by atoms with E-state index in [-0.39, 0.29) is 23.6 Å². The summed E-state index contributed by atoms with van der Waals surface area (Å²) in [4.78, 5) is 14.3. The molecule has 0 spiro atoms. The first-order valence-electron chi connectivity index (χ1n) is 11.0. The van der Waals surface area contributed by atoms with E-state index in [1.807, 2.05) is 42.5 Å². The minimum atomic E-state index is -0.756. The Balaban J connectivity index is 1.73. The molecular weight excluding hydrogens is 402 g/mol. The molecule has 170 valence electrons. The Kier molecular flexibility index (Phi) is 7.41. The van der Waals surface area contributed by atoms with Crippen LogP contribution in [0.15, 0.2) is 65.1 Å². The molecule has 1 atom stereocenters. The van der Waals surface area contributed by atoms with Crippen molar-refractivity contribution in [3.63, 3.8) is 0 Å². The summed E-state index contributed by atoms with van der Waals surface area (Å²) in [5, 5.41) is 10.4. The fraction of sp³-hybridized carbons (Fsp3) is 0.370. The van der Waals surface area contributed by atoms with E-state index in [9.17, 15) is 9.90 Å². The van der Waals surface area contributed by atoms with Gasteiger partial charge in [-0.15, -0.1) is 0 Å². The van der Waals surface area contributed by atoms with E-state index in [1.165, 1.54) is 10.5 Å². The maximum absolute atomic E-state index is 12.8. The number of nitrogens with zero attached hydrogens (tertiary/aromatic N) is 1. The summed E-state index contributed by atoms with van der Waals surface area (Å²) in [7, 11) is 3.32. The van der Waals surface area contributed by atoms with Crippen molar-refractivity contribution in [2.24, 2.45) is 0 Å². The first kappa shape index (κ1) is 23.6. The smallest absolute Gasteiger partial charge is 0.289 e. The molecule has 0 aliphatic heterocycles. The Morgan fingerprint density at radius 2 is 1.84 bits per heavy atom. The van der Waals surface area contributed by atoms with Gasteiger partial charge in [0.15, 0.2) is 5.76 Å². The lowest BCUT2D eigenvalue weighted by atomic mass is 9.81. The lowest BCUT2D eigenvalue weighted by molar-refractivity contribution is 0.0650. The number of hydrogen-bond donors (Lipinski definition) is 1.